The molecular formula is C16H23NO2. The van der Waals surface area contributed by atoms with Gasteiger partial charge in [-0.05, 0) is 62.9 Å². The Balaban J connectivity index is 1.60. The third-order valence-electron chi connectivity index (χ3n) is 4.30. The van der Waals surface area contributed by atoms with Gasteiger partial charge in [-0.1, -0.05) is 6.07 Å². The molecule has 1 aliphatic heterocycles. The Hall–Kier alpha value is -1.06. The SMILES string of the molecule is CNC1CCc2cc(OCC3CCC(C)O3)ccc21. The van der Waals surface area contributed by atoms with Gasteiger partial charge >= 0.3 is 0 Å². The minimum atomic E-state index is 0.272. The molecule has 1 aromatic rings. The summed E-state index contributed by atoms with van der Waals surface area (Å²) in [4.78, 5) is 0. The Morgan fingerprint density at radius 1 is 1.32 bits per heavy atom. The second-order valence-corrected chi connectivity index (χ2v) is 5.70. The van der Waals surface area contributed by atoms with E-state index in [4.69, 9.17) is 9.47 Å². The first-order valence-corrected chi connectivity index (χ1v) is 7.34. The molecule has 0 bridgehead atoms. The Morgan fingerprint density at radius 2 is 2.21 bits per heavy atom. The third kappa shape index (κ3) is 2.77. The van der Waals surface area contributed by atoms with E-state index in [1.165, 1.54) is 17.5 Å². The van der Waals surface area contributed by atoms with Gasteiger partial charge in [-0.25, -0.2) is 0 Å². The molecule has 0 spiro atoms. The van der Waals surface area contributed by atoms with Crippen molar-refractivity contribution < 1.29 is 9.47 Å². The van der Waals surface area contributed by atoms with Crippen molar-refractivity contribution in [3.63, 3.8) is 0 Å². The molecule has 3 atom stereocenters. The van der Waals surface area contributed by atoms with Crippen LogP contribution in [0.2, 0.25) is 0 Å². The van der Waals surface area contributed by atoms with Gasteiger partial charge in [-0.15, -0.1) is 0 Å². The molecule has 0 radical (unpaired) electrons. The molecule has 1 aliphatic carbocycles. The van der Waals surface area contributed by atoms with Crippen LogP contribution in [0.1, 0.15) is 43.4 Å². The first-order chi connectivity index (χ1) is 9.26. The van der Waals surface area contributed by atoms with E-state index in [-0.39, 0.29) is 6.10 Å². The van der Waals surface area contributed by atoms with Gasteiger partial charge in [0.15, 0.2) is 0 Å². The minimum absolute atomic E-state index is 0.272. The van der Waals surface area contributed by atoms with E-state index in [0.717, 1.165) is 25.0 Å². The maximum absolute atomic E-state index is 5.89. The van der Waals surface area contributed by atoms with Crippen molar-refractivity contribution in [2.45, 2.75) is 50.9 Å². The number of hydrogen-bond donors (Lipinski definition) is 1. The maximum Gasteiger partial charge on any atom is 0.119 e. The molecule has 0 amide bonds. The van der Waals surface area contributed by atoms with E-state index in [2.05, 4.69) is 30.4 Å². The van der Waals surface area contributed by atoms with Crippen molar-refractivity contribution in [2.75, 3.05) is 13.7 Å². The highest BCUT2D eigenvalue weighted by atomic mass is 16.5. The fraction of sp³-hybridized carbons (Fsp3) is 0.625. The fourth-order valence-electron chi connectivity index (χ4n) is 3.18. The second-order valence-electron chi connectivity index (χ2n) is 5.70. The smallest absolute Gasteiger partial charge is 0.119 e. The van der Waals surface area contributed by atoms with Crippen LogP contribution in [0.5, 0.6) is 5.75 Å². The fourth-order valence-corrected chi connectivity index (χ4v) is 3.18. The van der Waals surface area contributed by atoms with Crippen molar-refractivity contribution in [2.24, 2.45) is 0 Å². The normalized spacial score (nSPS) is 29.5. The van der Waals surface area contributed by atoms with Gasteiger partial charge in [-0.2, -0.15) is 0 Å². The van der Waals surface area contributed by atoms with Crippen LogP contribution in [0, 0.1) is 0 Å². The topological polar surface area (TPSA) is 30.5 Å². The molecular weight excluding hydrogens is 238 g/mol. The van der Waals surface area contributed by atoms with Crippen molar-refractivity contribution >= 4 is 0 Å². The third-order valence-corrected chi connectivity index (χ3v) is 4.30. The average molecular weight is 261 g/mol. The van der Waals surface area contributed by atoms with Gasteiger partial charge in [0.2, 0.25) is 0 Å². The van der Waals surface area contributed by atoms with Crippen molar-refractivity contribution in [3.8, 4) is 5.75 Å². The molecule has 19 heavy (non-hydrogen) atoms. The monoisotopic (exact) mass is 261 g/mol. The summed E-state index contributed by atoms with van der Waals surface area (Å²) in [5, 5.41) is 3.36. The number of nitrogens with one attached hydrogen (secondary N) is 1. The molecule has 1 fully saturated rings. The predicted octanol–water partition coefficient (Wildman–Crippen LogP) is 2.84. The van der Waals surface area contributed by atoms with Gasteiger partial charge in [0.1, 0.15) is 12.4 Å². The molecule has 0 saturated carbocycles. The van der Waals surface area contributed by atoms with Crippen molar-refractivity contribution in [1.29, 1.82) is 0 Å². The summed E-state index contributed by atoms with van der Waals surface area (Å²) < 4.78 is 11.7. The Bertz CT molecular complexity index is 446. The van der Waals surface area contributed by atoms with Gasteiger partial charge in [0, 0.05) is 6.04 Å². The second kappa shape index (κ2) is 5.51. The molecule has 3 rings (SSSR count). The van der Waals surface area contributed by atoms with Gasteiger partial charge in [0.25, 0.3) is 0 Å². The van der Waals surface area contributed by atoms with Gasteiger partial charge < -0.3 is 14.8 Å². The standard InChI is InChI=1S/C16H23NO2/c1-11-3-5-14(19-11)10-18-13-6-7-15-12(9-13)4-8-16(15)17-2/h6-7,9,11,14,16-17H,3-5,8,10H2,1-2H3. The van der Waals surface area contributed by atoms with Crippen LogP contribution in [0.15, 0.2) is 18.2 Å². The van der Waals surface area contributed by atoms with E-state index in [0.29, 0.717) is 18.8 Å². The highest BCUT2D eigenvalue weighted by Gasteiger charge is 2.23. The average Bonchev–Trinajstić information content (AvgIpc) is 3.01. The van der Waals surface area contributed by atoms with E-state index >= 15 is 0 Å². The van der Waals surface area contributed by atoms with Crippen molar-refractivity contribution in [1.82, 2.24) is 5.32 Å². The number of rotatable bonds is 4. The summed E-state index contributed by atoms with van der Waals surface area (Å²) in [6, 6.07) is 7.01. The van der Waals surface area contributed by atoms with Crippen LogP contribution in [-0.2, 0) is 11.2 Å². The molecule has 2 aliphatic rings. The zero-order chi connectivity index (χ0) is 13.2. The van der Waals surface area contributed by atoms with E-state index < -0.39 is 0 Å². The summed E-state index contributed by atoms with van der Waals surface area (Å²) in [6.45, 7) is 2.81. The molecule has 3 unspecified atom stereocenters. The lowest BCUT2D eigenvalue weighted by atomic mass is 10.1. The van der Waals surface area contributed by atoms with Gasteiger partial charge in [-0.3, -0.25) is 0 Å². The molecule has 1 saturated heterocycles. The predicted molar refractivity (Wildman–Crippen MR) is 75.6 cm³/mol. The number of benzene rings is 1. The van der Waals surface area contributed by atoms with Crippen LogP contribution < -0.4 is 10.1 Å². The molecule has 3 nitrogen and oxygen atoms in total. The highest BCUT2D eigenvalue weighted by molar-refractivity contribution is 5.40. The highest BCUT2D eigenvalue weighted by Crippen LogP contribution is 2.33. The molecule has 1 N–H and O–H groups in total. The summed E-state index contributed by atoms with van der Waals surface area (Å²) in [5.41, 5.74) is 2.86. The lowest BCUT2D eigenvalue weighted by Crippen LogP contribution is -2.18. The Labute approximate surface area is 115 Å². The van der Waals surface area contributed by atoms with Crippen LogP contribution in [0.25, 0.3) is 0 Å². The minimum Gasteiger partial charge on any atom is -0.491 e. The van der Waals surface area contributed by atoms with E-state index in [1.54, 1.807) is 0 Å². The van der Waals surface area contributed by atoms with Gasteiger partial charge in [0.05, 0.1) is 12.2 Å². The molecule has 1 heterocycles. The molecule has 3 heteroatoms. The maximum atomic E-state index is 5.89. The summed E-state index contributed by atoms with van der Waals surface area (Å²) >= 11 is 0. The molecule has 104 valence electrons. The van der Waals surface area contributed by atoms with Crippen LogP contribution in [-0.4, -0.2) is 25.9 Å². The summed E-state index contributed by atoms with van der Waals surface area (Å²) in [7, 11) is 2.03. The number of ether oxygens (including phenoxy) is 2. The largest absolute Gasteiger partial charge is 0.491 e. The van der Waals surface area contributed by atoms with E-state index in [1.807, 2.05) is 7.05 Å². The zero-order valence-electron chi connectivity index (χ0n) is 11.8. The lowest BCUT2D eigenvalue weighted by molar-refractivity contribution is 0.0264. The number of fused-ring (bicyclic) bond motifs is 1. The summed E-state index contributed by atoms with van der Waals surface area (Å²) in [5.74, 6) is 0.985. The number of hydrogen-bond acceptors (Lipinski definition) is 3. The van der Waals surface area contributed by atoms with E-state index in [9.17, 15) is 0 Å². The van der Waals surface area contributed by atoms with Crippen LogP contribution in [0.4, 0.5) is 0 Å². The summed E-state index contributed by atoms with van der Waals surface area (Å²) in [6.07, 6.45) is 5.28. The number of aryl methyl sites for hydroxylation is 1. The first kappa shape index (κ1) is 12.9. The molecule has 1 aromatic carbocycles. The van der Waals surface area contributed by atoms with Crippen LogP contribution >= 0.6 is 0 Å². The first-order valence-electron chi connectivity index (χ1n) is 7.34. The van der Waals surface area contributed by atoms with Crippen LogP contribution in [0.3, 0.4) is 0 Å². The van der Waals surface area contributed by atoms with Crippen molar-refractivity contribution in [3.05, 3.63) is 29.3 Å². The lowest BCUT2D eigenvalue weighted by Gasteiger charge is -2.14. The Morgan fingerprint density at radius 3 is 2.95 bits per heavy atom. The molecule has 0 aromatic heterocycles. The quantitative estimate of drug-likeness (QED) is 0.904. The Kier molecular flexibility index (Phi) is 3.76. The zero-order valence-corrected chi connectivity index (χ0v) is 11.8.